The summed E-state index contributed by atoms with van der Waals surface area (Å²) >= 11 is 0. The minimum atomic E-state index is -1.92. The van der Waals surface area contributed by atoms with E-state index in [1.54, 1.807) is 13.8 Å². The van der Waals surface area contributed by atoms with Crippen LogP contribution in [0.1, 0.15) is 30.5 Å². The zero-order chi connectivity index (χ0) is 27.0. The second-order valence-electron chi connectivity index (χ2n) is 8.72. The SMILES string of the molecule is CCOC(=O)C1(C(=O)OCC)N[C@@H](C#Cc2ccccc2)N(c2cccc(C)c2)[C@@H]1C#Cc1ccccc1. The number of nitrogens with zero attached hydrogens (tertiary/aromatic N) is 1. The van der Waals surface area contributed by atoms with Crippen LogP contribution < -0.4 is 10.2 Å². The third-order valence-electron chi connectivity index (χ3n) is 6.08. The average Bonchev–Trinajstić information content (AvgIpc) is 3.27. The first kappa shape index (κ1) is 26.5. The Labute approximate surface area is 224 Å². The Balaban J connectivity index is 1.94. The van der Waals surface area contributed by atoms with E-state index in [1.807, 2.05) is 96.8 Å². The maximum atomic E-state index is 13.6. The third-order valence-corrected chi connectivity index (χ3v) is 6.08. The summed E-state index contributed by atoms with van der Waals surface area (Å²) in [4.78, 5) is 29.1. The fourth-order valence-electron chi connectivity index (χ4n) is 4.35. The van der Waals surface area contributed by atoms with Gasteiger partial charge in [0, 0.05) is 16.8 Å². The second kappa shape index (κ2) is 12.1. The topological polar surface area (TPSA) is 67.9 Å². The van der Waals surface area contributed by atoms with E-state index in [1.165, 1.54) is 0 Å². The molecule has 1 saturated heterocycles. The Morgan fingerprint density at radius 1 is 0.816 bits per heavy atom. The third kappa shape index (κ3) is 5.57. The van der Waals surface area contributed by atoms with Crippen molar-refractivity contribution in [2.45, 2.75) is 38.5 Å². The van der Waals surface area contributed by atoms with E-state index in [-0.39, 0.29) is 13.2 Å². The monoisotopic (exact) mass is 506 g/mol. The highest BCUT2D eigenvalue weighted by molar-refractivity contribution is 6.08. The van der Waals surface area contributed by atoms with Crippen molar-refractivity contribution in [3.63, 3.8) is 0 Å². The summed E-state index contributed by atoms with van der Waals surface area (Å²) < 4.78 is 10.9. The number of rotatable bonds is 5. The highest BCUT2D eigenvalue weighted by Gasteiger charge is 2.63. The van der Waals surface area contributed by atoms with Crippen LogP contribution in [-0.4, -0.2) is 42.9 Å². The van der Waals surface area contributed by atoms with Crippen molar-refractivity contribution in [1.82, 2.24) is 5.32 Å². The molecule has 6 heteroatoms. The predicted octanol–water partition coefficient (Wildman–Crippen LogP) is 4.07. The van der Waals surface area contributed by atoms with Gasteiger partial charge in [-0.2, -0.15) is 0 Å². The fourth-order valence-corrected chi connectivity index (χ4v) is 4.35. The van der Waals surface area contributed by atoms with Crippen LogP contribution >= 0.6 is 0 Å². The molecule has 0 aromatic heterocycles. The minimum Gasteiger partial charge on any atom is -0.464 e. The van der Waals surface area contributed by atoms with E-state index in [9.17, 15) is 9.59 Å². The van der Waals surface area contributed by atoms with Gasteiger partial charge in [0.15, 0.2) is 0 Å². The highest BCUT2D eigenvalue weighted by Crippen LogP contribution is 2.34. The Morgan fingerprint density at radius 2 is 1.37 bits per heavy atom. The molecule has 0 saturated carbocycles. The van der Waals surface area contributed by atoms with Gasteiger partial charge in [0.2, 0.25) is 5.54 Å². The molecular weight excluding hydrogens is 476 g/mol. The number of carbonyl (C=O) groups is 2. The zero-order valence-corrected chi connectivity index (χ0v) is 21.7. The van der Waals surface area contributed by atoms with Gasteiger partial charge in [-0.05, 0) is 62.7 Å². The number of esters is 2. The number of nitrogens with one attached hydrogen (secondary N) is 1. The molecule has 38 heavy (non-hydrogen) atoms. The van der Waals surface area contributed by atoms with Crippen molar-refractivity contribution < 1.29 is 19.1 Å². The van der Waals surface area contributed by atoms with Crippen molar-refractivity contribution >= 4 is 17.6 Å². The molecule has 0 aliphatic carbocycles. The van der Waals surface area contributed by atoms with Crippen LogP contribution in [0.25, 0.3) is 0 Å². The summed E-state index contributed by atoms with van der Waals surface area (Å²) in [5.74, 6) is 11.2. The van der Waals surface area contributed by atoms with Crippen LogP contribution in [-0.2, 0) is 19.1 Å². The Morgan fingerprint density at radius 3 is 1.89 bits per heavy atom. The van der Waals surface area contributed by atoms with E-state index in [4.69, 9.17) is 9.47 Å². The summed E-state index contributed by atoms with van der Waals surface area (Å²) in [6, 6.07) is 25.7. The van der Waals surface area contributed by atoms with Gasteiger partial charge < -0.3 is 14.4 Å². The molecule has 3 aromatic carbocycles. The zero-order valence-electron chi connectivity index (χ0n) is 21.7. The molecule has 0 unspecified atom stereocenters. The second-order valence-corrected chi connectivity index (χ2v) is 8.72. The fraction of sp³-hybridized carbons (Fsp3) is 0.250. The quantitative estimate of drug-likeness (QED) is 0.320. The van der Waals surface area contributed by atoms with Gasteiger partial charge in [-0.25, -0.2) is 9.59 Å². The van der Waals surface area contributed by atoms with Crippen LogP contribution in [0.15, 0.2) is 84.9 Å². The molecule has 0 radical (unpaired) electrons. The first-order valence-corrected chi connectivity index (χ1v) is 12.6. The maximum absolute atomic E-state index is 13.6. The van der Waals surface area contributed by atoms with Crippen molar-refractivity contribution in [2.75, 3.05) is 18.1 Å². The smallest absolute Gasteiger partial charge is 0.341 e. The van der Waals surface area contributed by atoms with Crippen LogP contribution in [0.4, 0.5) is 5.69 Å². The molecule has 6 nitrogen and oxygen atoms in total. The van der Waals surface area contributed by atoms with Gasteiger partial charge in [0.1, 0.15) is 12.2 Å². The summed E-state index contributed by atoms with van der Waals surface area (Å²) in [6.07, 6.45) is -0.749. The lowest BCUT2D eigenvalue weighted by Crippen LogP contribution is -2.63. The predicted molar refractivity (Wildman–Crippen MR) is 147 cm³/mol. The first-order chi connectivity index (χ1) is 18.5. The van der Waals surface area contributed by atoms with Crippen LogP contribution in [0.2, 0.25) is 0 Å². The average molecular weight is 507 g/mol. The van der Waals surface area contributed by atoms with Gasteiger partial charge in [-0.3, -0.25) is 5.32 Å². The van der Waals surface area contributed by atoms with Gasteiger partial charge in [-0.1, -0.05) is 72.2 Å². The molecule has 1 heterocycles. The van der Waals surface area contributed by atoms with Crippen molar-refractivity contribution in [3.05, 3.63) is 102 Å². The number of carbonyl (C=O) groups excluding carboxylic acids is 2. The van der Waals surface area contributed by atoms with E-state index in [2.05, 4.69) is 29.0 Å². The normalized spacial score (nSPS) is 17.4. The summed E-state index contributed by atoms with van der Waals surface area (Å²) in [6.45, 7) is 5.55. The number of hydrogen-bond acceptors (Lipinski definition) is 6. The molecule has 4 rings (SSSR count). The molecule has 0 spiro atoms. The molecule has 0 bridgehead atoms. The molecule has 1 aliphatic rings. The highest BCUT2D eigenvalue weighted by atomic mass is 16.6. The van der Waals surface area contributed by atoms with Crippen molar-refractivity contribution in [3.8, 4) is 23.7 Å². The maximum Gasteiger partial charge on any atom is 0.341 e. The van der Waals surface area contributed by atoms with Crippen LogP contribution in [0.5, 0.6) is 0 Å². The first-order valence-electron chi connectivity index (χ1n) is 12.6. The van der Waals surface area contributed by atoms with Crippen LogP contribution in [0.3, 0.4) is 0 Å². The van der Waals surface area contributed by atoms with Crippen LogP contribution in [0, 0.1) is 30.6 Å². The Hall–Kier alpha value is -4.52. The number of benzene rings is 3. The molecule has 0 amide bonds. The van der Waals surface area contributed by atoms with Crippen molar-refractivity contribution in [1.29, 1.82) is 0 Å². The van der Waals surface area contributed by atoms with E-state index in [0.717, 1.165) is 22.4 Å². The van der Waals surface area contributed by atoms with Gasteiger partial charge in [-0.15, -0.1) is 0 Å². The Bertz CT molecular complexity index is 1380. The molecule has 1 aliphatic heterocycles. The lowest BCUT2D eigenvalue weighted by atomic mass is 9.90. The van der Waals surface area contributed by atoms with Gasteiger partial charge >= 0.3 is 11.9 Å². The molecule has 192 valence electrons. The number of hydrogen-bond donors (Lipinski definition) is 1. The summed E-state index contributed by atoms with van der Waals surface area (Å²) in [5.41, 5.74) is 1.39. The molecule has 1 fully saturated rings. The van der Waals surface area contributed by atoms with Crippen molar-refractivity contribution in [2.24, 2.45) is 0 Å². The van der Waals surface area contributed by atoms with E-state index < -0.39 is 29.7 Å². The Kier molecular flexibility index (Phi) is 8.48. The molecule has 3 aromatic rings. The molecular formula is C32H30N2O4. The lowest BCUT2D eigenvalue weighted by molar-refractivity contribution is -0.165. The molecule has 2 atom stereocenters. The molecule has 1 N–H and O–H groups in total. The minimum absolute atomic E-state index is 0.0886. The lowest BCUT2D eigenvalue weighted by Gasteiger charge is -2.31. The number of aryl methyl sites for hydroxylation is 1. The summed E-state index contributed by atoms with van der Waals surface area (Å²) in [7, 11) is 0. The largest absolute Gasteiger partial charge is 0.464 e. The summed E-state index contributed by atoms with van der Waals surface area (Å²) in [5, 5.41) is 3.20. The standard InChI is InChI=1S/C32H30N2O4/c1-4-37-30(35)32(31(36)38-5-2)28(21-19-25-14-8-6-9-15-25)34(27-18-12-13-24(3)23-27)29(33-32)22-20-26-16-10-7-11-17-26/h6-18,23,28-29,33H,4-5H2,1-3H3/t28-,29-/m1/s1. The van der Waals surface area contributed by atoms with Gasteiger partial charge in [0.25, 0.3) is 0 Å². The van der Waals surface area contributed by atoms with E-state index in [0.29, 0.717) is 0 Å². The van der Waals surface area contributed by atoms with E-state index >= 15 is 0 Å². The van der Waals surface area contributed by atoms with Gasteiger partial charge in [0.05, 0.1) is 13.2 Å². The number of anilines is 1. The number of ether oxygens (including phenoxy) is 2.